The summed E-state index contributed by atoms with van der Waals surface area (Å²) in [6, 6.07) is 6.75. The van der Waals surface area contributed by atoms with Crippen molar-refractivity contribution in [1.29, 1.82) is 0 Å². The molecule has 6 nitrogen and oxygen atoms in total. The van der Waals surface area contributed by atoms with Gasteiger partial charge in [0.05, 0.1) is 12.1 Å². The average Bonchev–Trinajstić information content (AvgIpc) is 3.09. The number of nitrogens with one attached hydrogen (secondary N) is 2. The Morgan fingerprint density at radius 1 is 1.36 bits per heavy atom. The van der Waals surface area contributed by atoms with Gasteiger partial charge in [0.15, 0.2) is 5.69 Å². The number of aromatic hydroxyl groups is 1. The molecule has 0 bridgehead atoms. The molecule has 0 atom stereocenters. The van der Waals surface area contributed by atoms with E-state index in [-0.39, 0.29) is 28.5 Å². The zero-order valence-corrected chi connectivity index (χ0v) is 13.2. The maximum absolute atomic E-state index is 13.8. The quantitative estimate of drug-likeness (QED) is 0.632. The lowest BCUT2D eigenvalue weighted by atomic mass is 9.93. The van der Waals surface area contributed by atoms with E-state index in [1.807, 2.05) is 0 Å². The van der Waals surface area contributed by atoms with Crippen molar-refractivity contribution in [1.82, 2.24) is 9.97 Å². The first-order valence-electron chi connectivity index (χ1n) is 7.32. The summed E-state index contributed by atoms with van der Waals surface area (Å²) in [7, 11) is 0. The van der Waals surface area contributed by atoms with E-state index in [4.69, 9.17) is 6.57 Å². The first kappa shape index (κ1) is 16.2. The molecule has 0 unspecified atom stereocenters. The zero-order valence-electron chi connectivity index (χ0n) is 13.2. The fourth-order valence-electron chi connectivity index (χ4n) is 2.54. The normalized spacial score (nSPS) is 10.3. The van der Waals surface area contributed by atoms with E-state index in [0.29, 0.717) is 11.1 Å². The highest BCUT2D eigenvalue weighted by molar-refractivity contribution is 6.12. The van der Waals surface area contributed by atoms with E-state index in [1.54, 1.807) is 13.0 Å². The number of phenolic OH excluding ortho intramolecular Hbond substituents is 1. The Hall–Kier alpha value is -3.66. The first-order chi connectivity index (χ1) is 12.0. The van der Waals surface area contributed by atoms with Crippen molar-refractivity contribution in [2.75, 3.05) is 5.32 Å². The van der Waals surface area contributed by atoms with Crippen LogP contribution in [-0.4, -0.2) is 21.0 Å². The monoisotopic (exact) mass is 336 g/mol. The standard InChI is InChI=1S/C18H13FN4O2/c1-10-3-4-11(19)9-12(10)15-13(20-2)5-6-14(24)16(15)17(25)23-18-21-7-8-22-18/h3-9,24H,1H3,(H2,21,22,23,25). The van der Waals surface area contributed by atoms with Crippen LogP contribution in [0, 0.1) is 19.3 Å². The van der Waals surface area contributed by atoms with Crippen molar-refractivity contribution < 1.29 is 14.3 Å². The van der Waals surface area contributed by atoms with Crippen LogP contribution in [0.4, 0.5) is 16.0 Å². The van der Waals surface area contributed by atoms with Crippen molar-refractivity contribution in [2.24, 2.45) is 0 Å². The molecule has 2 aromatic carbocycles. The minimum atomic E-state index is -0.656. The molecule has 0 aliphatic heterocycles. The van der Waals surface area contributed by atoms with Gasteiger partial charge in [-0.05, 0) is 36.2 Å². The Morgan fingerprint density at radius 2 is 2.16 bits per heavy atom. The molecule has 0 saturated carbocycles. The van der Waals surface area contributed by atoms with E-state index in [0.717, 1.165) is 0 Å². The summed E-state index contributed by atoms with van der Waals surface area (Å²) < 4.78 is 13.8. The summed E-state index contributed by atoms with van der Waals surface area (Å²) in [6.07, 6.45) is 2.99. The maximum atomic E-state index is 13.8. The van der Waals surface area contributed by atoms with E-state index in [1.165, 1.54) is 36.7 Å². The number of aromatic nitrogens is 2. The first-order valence-corrected chi connectivity index (χ1v) is 7.32. The van der Waals surface area contributed by atoms with Crippen LogP contribution in [0.2, 0.25) is 0 Å². The maximum Gasteiger partial charge on any atom is 0.261 e. The summed E-state index contributed by atoms with van der Waals surface area (Å²) in [4.78, 5) is 22.7. The number of aromatic amines is 1. The van der Waals surface area contributed by atoms with Crippen LogP contribution in [0.25, 0.3) is 16.0 Å². The molecule has 0 aliphatic rings. The average molecular weight is 336 g/mol. The van der Waals surface area contributed by atoms with Crippen molar-refractivity contribution >= 4 is 17.5 Å². The van der Waals surface area contributed by atoms with Crippen molar-refractivity contribution in [3.63, 3.8) is 0 Å². The summed E-state index contributed by atoms with van der Waals surface area (Å²) in [5.41, 5.74) is 1.24. The van der Waals surface area contributed by atoms with Gasteiger partial charge >= 0.3 is 0 Å². The topological polar surface area (TPSA) is 82.4 Å². The fourth-order valence-corrected chi connectivity index (χ4v) is 2.54. The second kappa shape index (κ2) is 6.45. The largest absolute Gasteiger partial charge is 0.507 e. The van der Waals surface area contributed by atoms with Gasteiger partial charge in [-0.15, -0.1) is 0 Å². The molecule has 3 N–H and O–H groups in total. The van der Waals surface area contributed by atoms with E-state index in [9.17, 15) is 14.3 Å². The molecule has 1 amide bonds. The van der Waals surface area contributed by atoms with Crippen LogP contribution < -0.4 is 5.32 Å². The number of H-pyrrole nitrogens is 1. The highest BCUT2D eigenvalue weighted by atomic mass is 19.1. The lowest BCUT2D eigenvalue weighted by Crippen LogP contribution is -2.14. The van der Waals surface area contributed by atoms with Crippen LogP contribution >= 0.6 is 0 Å². The zero-order chi connectivity index (χ0) is 18.0. The molecule has 0 saturated heterocycles. The molecule has 1 aromatic heterocycles. The number of hydrogen-bond acceptors (Lipinski definition) is 3. The fraction of sp³-hybridized carbons (Fsp3) is 0.0556. The third-order valence-electron chi connectivity index (χ3n) is 3.71. The van der Waals surface area contributed by atoms with Crippen LogP contribution in [0.3, 0.4) is 0 Å². The molecule has 0 spiro atoms. The van der Waals surface area contributed by atoms with Crippen LogP contribution in [0.5, 0.6) is 5.75 Å². The number of phenols is 1. The number of rotatable bonds is 3. The van der Waals surface area contributed by atoms with Crippen LogP contribution in [-0.2, 0) is 0 Å². The molecule has 3 aromatic rings. The number of carbonyl (C=O) groups is 1. The Balaban J connectivity index is 2.23. The molecule has 1 heterocycles. The van der Waals surface area contributed by atoms with E-state index < -0.39 is 11.7 Å². The molecule has 7 heteroatoms. The minimum Gasteiger partial charge on any atom is -0.507 e. The third-order valence-corrected chi connectivity index (χ3v) is 3.71. The van der Waals surface area contributed by atoms with E-state index >= 15 is 0 Å². The molecule has 0 aliphatic carbocycles. The number of carbonyl (C=O) groups excluding carboxylic acids is 1. The van der Waals surface area contributed by atoms with Gasteiger partial charge in [-0.2, -0.15) is 0 Å². The minimum absolute atomic E-state index is 0.112. The number of hydrogen-bond donors (Lipinski definition) is 3. The number of amides is 1. The van der Waals surface area contributed by atoms with Gasteiger partial charge in [-0.3, -0.25) is 10.1 Å². The molecule has 0 fully saturated rings. The highest BCUT2D eigenvalue weighted by Crippen LogP contribution is 2.40. The lowest BCUT2D eigenvalue weighted by Gasteiger charge is -2.15. The molecule has 124 valence electrons. The van der Waals surface area contributed by atoms with Crippen molar-refractivity contribution in [3.8, 4) is 16.9 Å². The SMILES string of the molecule is [C-]#[N+]c1ccc(O)c(C(=O)Nc2ncc[nH]2)c1-c1cc(F)ccc1C. The summed E-state index contributed by atoms with van der Waals surface area (Å²) >= 11 is 0. The Morgan fingerprint density at radius 3 is 2.84 bits per heavy atom. The number of aryl methyl sites for hydroxylation is 1. The Kier molecular flexibility index (Phi) is 4.18. The second-order valence-corrected chi connectivity index (χ2v) is 5.32. The number of nitrogens with zero attached hydrogens (tertiary/aromatic N) is 2. The highest BCUT2D eigenvalue weighted by Gasteiger charge is 2.23. The smallest absolute Gasteiger partial charge is 0.261 e. The molecular weight excluding hydrogens is 323 g/mol. The van der Waals surface area contributed by atoms with Gasteiger partial charge in [0, 0.05) is 18.0 Å². The number of imidazole rings is 1. The van der Waals surface area contributed by atoms with Crippen LogP contribution in [0.15, 0.2) is 42.7 Å². The van der Waals surface area contributed by atoms with Gasteiger partial charge in [-0.25, -0.2) is 14.2 Å². The molecule has 3 rings (SSSR count). The van der Waals surface area contributed by atoms with Crippen molar-refractivity contribution in [2.45, 2.75) is 6.92 Å². The Labute approximate surface area is 142 Å². The predicted octanol–water partition coefficient (Wildman–Crippen LogP) is 4.03. The van der Waals surface area contributed by atoms with Gasteiger partial charge in [0.1, 0.15) is 11.6 Å². The molecular formula is C18H13FN4O2. The van der Waals surface area contributed by atoms with E-state index in [2.05, 4.69) is 20.1 Å². The molecule has 25 heavy (non-hydrogen) atoms. The number of halogens is 1. The second-order valence-electron chi connectivity index (χ2n) is 5.32. The number of benzene rings is 2. The van der Waals surface area contributed by atoms with Gasteiger partial charge in [0.25, 0.3) is 5.91 Å². The van der Waals surface area contributed by atoms with Gasteiger partial charge < -0.3 is 10.1 Å². The Bertz CT molecular complexity index is 991. The van der Waals surface area contributed by atoms with Gasteiger partial charge in [0.2, 0.25) is 5.95 Å². The van der Waals surface area contributed by atoms with Crippen molar-refractivity contribution in [3.05, 3.63) is 71.1 Å². The summed E-state index contributed by atoms with van der Waals surface area (Å²) in [6.45, 7) is 9.10. The number of anilines is 1. The lowest BCUT2D eigenvalue weighted by molar-refractivity contribution is 0.102. The van der Waals surface area contributed by atoms with Crippen LogP contribution in [0.1, 0.15) is 15.9 Å². The molecule has 0 radical (unpaired) electrons. The summed E-state index contributed by atoms with van der Waals surface area (Å²) in [5, 5.41) is 12.8. The van der Waals surface area contributed by atoms with Gasteiger partial charge in [-0.1, -0.05) is 12.1 Å². The predicted molar refractivity (Wildman–Crippen MR) is 91.0 cm³/mol. The third kappa shape index (κ3) is 3.05. The summed E-state index contributed by atoms with van der Waals surface area (Å²) in [5.74, 6) is -1.27.